The predicted molar refractivity (Wildman–Crippen MR) is 59.7 cm³/mol. The van der Waals surface area contributed by atoms with E-state index < -0.39 is 11.9 Å². The maximum absolute atomic E-state index is 13.6. The molecule has 1 aromatic carbocycles. The summed E-state index contributed by atoms with van der Waals surface area (Å²) in [4.78, 5) is 0. The molecule has 0 unspecified atom stereocenters. The van der Waals surface area contributed by atoms with Gasteiger partial charge >= 0.3 is 0 Å². The van der Waals surface area contributed by atoms with Crippen LogP contribution >= 0.6 is 23.2 Å². The van der Waals surface area contributed by atoms with Gasteiger partial charge in [0.25, 0.3) is 0 Å². The molecule has 0 heterocycles. The molecule has 15 heavy (non-hydrogen) atoms. The van der Waals surface area contributed by atoms with Crippen molar-refractivity contribution in [2.75, 3.05) is 6.61 Å². The maximum Gasteiger partial charge on any atom is 0.148 e. The van der Waals surface area contributed by atoms with E-state index >= 15 is 0 Å². The van der Waals surface area contributed by atoms with Gasteiger partial charge in [-0.1, -0.05) is 23.2 Å². The minimum absolute atomic E-state index is 0.00819. The minimum Gasteiger partial charge on any atom is -0.396 e. The van der Waals surface area contributed by atoms with Crippen LogP contribution in [0.4, 0.5) is 4.39 Å². The highest BCUT2D eigenvalue weighted by molar-refractivity contribution is 6.33. The highest BCUT2D eigenvalue weighted by Crippen LogP contribution is 2.31. The van der Waals surface area contributed by atoms with Gasteiger partial charge in [0.1, 0.15) is 5.82 Å². The Bertz CT molecular complexity index is 346. The van der Waals surface area contributed by atoms with Crippen molar-refractivity contribution in [1.29, 1.82) is 0 Å². The van der Waals surface area contributed by atoms with E-state index in [2.05, 4.69) is 0 Å². The molecule has 2 nitrogen and oxygen atoms in total. The van der Waals surface area contributed by atoms with Crippen LogP contribution in [0.2, 0.25) is 10.0 Å². The summed E-state index contributed by atoms with van der Waals surface area (Å²) in [6, 6.07) is 2.37. The number of halogens is 3. The van der Waals surface area contributed by atoms with Crippen molar-refractivity contribution in [2.45, 2.75) is 18.9 Å². The van der Waals surface area contributed by atoms with Crippen molar-refractivity contribution in [3.63, 3.8) is 0 Å². The average Bonchev–Trinajstić information content (AvgIpc) is 2.21. The van der Waals surface area contributed by atoms with E-state index in [1.165, 1.54) is 12.1 Å². The van der Waals surface area contributed by atoms with Crippen molar-refractivity contribution < 1.29 is 9.50 Å². The largest absolute Gasteiger partial charge is 0.396 e. The quantitative estimate of drug-likeness (QED) is 0.809. The smallest absolute Gasteiger partial charge is 0.148 e. The van der Waals surface area contributed by atoms with E-state index in [0.29, 0.717) is 12.8 Å². The van der Waals surface area contributed by atoms with Crippen molar-refractivity contribution >= 4 is 23.2 Å². The first kappa shape index (κ1) is 12.7. The van der Waals surface area contributed by atoms with Gasteiger partial charge in [-0.2, -0.15) is 0 Å². The van der Waals surface area contributed by atoms with Crippen LogP contribution in [0, 0.1) is 5.82 Å². The van der Waals surface area contributed by atoms with Gasteiger partial charge in [-0.15, -0.1) is 0 Å². The highest BCUT2D eigenvalue weighted by atomic mass is 35.5. The number of hydrogen-bond donors (Lipinski definition) is 2. The average molecular weight is 252 g/mol. The summed E-state index contributed by atoms with van der Waals surface area (Å²) in [6.45, 7) is 0.0213. The van der Waals surface area contributed by atoms with Crippen molar-refractivity contribution in [2.24, 2.45) is 5.73 Å². The molecular formula is C10H12Cl2FNO. The zero-order valence-corrected chi connectivity index (χ0v) is 9.52. The summed E-state index contributed by atoms with van der Waals surface area (Å²) in [5, 5.41) is 8.92. The number of nitrogens with two attached hydrogens (primary N) is 1. The Balaban J connectivity index is 2.96. The third-order valence-corrected chi connectivity index (χ3v) is 2.74. The number of aliphatic hydroxyl groups is 1. The molecule has 0 spiro atoms. The highest BCUT2D eigenvalue weighted by Gasteiger charge is 2.17. The Hall–Kier alpha value is -0.350. The summed E-state index contributed by atoms with van der Waals surface area (Å²) < 4.78 is 13.6. The summed E-state index contributed by atoms with van der Waals surface area (Å²) >= 11 is 11.5. The fourth-order valence-corrected chi connectivity index (χ4v) is 1.79. The second-order valence-electron chi connectivity index (χ2n) is 3.23. The summed E-state index contributed by atoms with van der Waals surface area (Å²) in [5.74, 6) is -0.574. The van der Waals surface area contributed by atoms with Crippen molar-refractivity contribution in [1.82, 2.24) is 0 Å². The molecule has 0 radical (unpaired) electrons. The predicted octanol–water partition coefficient (Wildman–Crippen LogP) is 2.90. The van der Waals surface area contributed by atoms with E-state index in [4.69, 9.17) is 34.0 Å². The number of rotatable bonds is 4. The van der Waals surface area contributed by atoms with Crippen LogP contribution in [-0.2, 0) is 0 Å². The third kappa shape index (κ3) is 3.05. The number of hydrogen-bond acceptors (Lipinski definition) is 2. The molecule has 3 N–H and O–H groups in total. The molecule has 0 aliphatic heterocycles. The first-order valence-electron chi connectivity index (χ1n) is 4.57. The fraction of sp³-hybridized carbons (Fsp3) is 0.400. The second-order valence-corrected chi connectivity index (χ2v) is 4.04. The number of aliphatic hydroxyl groups excluding tert-OH is 1. The molecule has 0 aliphatic rings. The molecule has 5 heteroatoms. The van der Waals surface area contributed by atoms with E-state index in [9.17, 15) is 4.39 Å². The van der Waals surface area contributed by atoms with Crippen molar-refractivity contribution in [3.8, 4) is 0 Å². The van der Waals surface area contributed by atoms with Gasteiger partial charge in [0, 0.05) is 23.2 Å². The lowest BCUT2D eigenvalue weighted by Gasteiger charge is -2.14. The Morgan fingerprint density at radius 2 is 1.93 bits per heavy atom. The molecule has 1 aromatic rings. The standard InChI is InChI=1S/C10H12Cl2FNO/c11-6-3-4-7(12)10(13)9(6)8(14)2-1-5-15/h3-4,8,15H,1-2,5,14H2/t8-/m1/s1. The lowest BCUT2D eigenvalue weighted by atomic mass is 10.0. The molecule has 0 fully saturated rings. The van der Waals surface area contributed by atoms with Crippen LogP contribution in [0.5, 0.6) is 0 Å². The van der Waals surface area contributed by atoms with E-state index in [-0.39, 0.29) is 22.2 Å². The van der Waals surface area contributed by atoms with Gasteiger partial charge in [-0.05, 0) is 25.0 Å². The fourth-order valence-electron chi connectivity index (χ4n) is 1.34. The normalized spacial score (nSPS) is 12.9. The van der Waals surface area contributed by atoms with Crippen molar-refractivity contribution in [3.05, 3.63) is 33.6 Å². The summed E-state index contributed by atoms with van der Waals surface area (Å²) in [5.41, 5.74) is 5.98. The zero-order chi connectivity index (χ0) is 11.4. The zero-order valence-electron chi connectivity index (χ0n) is 8.01. The minimum atomic E-state index is -0.574. The molecule has 0 saturated heterocycles. The van der Waals surface area contributed by atoms with Gasteiger partial charge in [0.05, 0.1) is 5.02 Å². The SMILES string of the molecule is N[C@H](CCCO)c1c(Cl)ccc(Cl)c1F. The van der Waals surface area contributed by atoms with Gasteiger partial charge in [0.2, 0.25) is 0 Å². The van der Waals surface area contributed by atoms with E-state index in [1.54, 1.807) is 0 Å². The van der Waals surface area contributed by atoms with Gasteiger partial charge in [-0.25, -0.2) is 4.39 Å². The molecular weight excluding hydrogens is 240 g/mol. The maximum atomic E-state index is 13.6. The molecule has 0 saturated carbocycles. The molecule has 0 amide bonds. The first-order valence-corrected chi connectivity index (χ1v) is 5.33. The first-order chi connectivity index (χ1) is 7.07. The molecule has 0 bridgehead atoms. The Kier molecular flexibility index (Phi) is 4.80. The topological polar surface area (TPSA) is 46.2 Å². The van der Waals surface area contributed by atoms with Gasteiger partial charge < -0.3 is 10.8 Å². The molecule has 1 atom stereocenters. The van der Waals surface area contributed by atoms with Crippen LogP contribution in [0.15, 0.2) is 12.1 Å². The van der Waals surface area contributed by atoms with E-state index in [0.717, 1.165) is 0 Å². The lowest BCUT2D eigenvalue weighted by molar-refractivity contribution is 0.279. The van der Waals surface area contributed by atoms with Gasteiger partial charge in [-0.3, -0.25) is 0 Å². The molecule has 0 aromatic heterocycles. The Morgan fingerprint density at radius 1 is 1.33 bits per heavy atom. The van der Waals surface area contributed by atoms with E-state index in [1.807, 2.05) is 0 Å². The summed E-state index contributed by atoms with van der Waals surface area (Å²) in [6.07, 6.45) is 0.969. The number of benzene rings is 1. The molecule has 1 rings (SSSR count). The molecule has 0 aliphatic carbocycles. The Morgan fingerprint density at radius 3 is 2.53 bits per heavy atom. The van der Waals surface area contributed by atoms with Crippen LogP contribution < -0.4 is 5.73 Å². The lowest BCUT2D eigenvalue weighted by Crippen LogP contribution is -2.13. The van der Waals surface area contributed by atoms with Crippen LogP contribution in [-0.4, -0.2) is 11.7 Å². The van der Waals surface area contributed by atoms with Crippen LogP contribution in [0.25, 0.3) is 0 Å². The Labute approximate surface area is 97.8 Å². The summed E-state index contributed by atoms with van der Waals surface area (Å²) in [7, 11) is 0. The third-order valence-electron chi connectivity index (χ3n) is 2.12. The van der Waals surface area contributed by atoms with Gasteiger partial charge in [0.15, 0.2) is 0 Å². The monoisotopic (exact) mass is 251 g/mol. The second kappa shape index (κ2) is 5.66. The van der Waals surface area contributed by atoms with Crippen LogP contribution in [0.3, 0.4) is 0 Å². The molecule has 84 valence electrons. The van der Waals surface area contributed by atoms with Crippen LogP contribution in [0.1, 0.15) is 24.4 Å².